The zero-order valence-corrected chi connectivity index (χ0v) is 9.44. The highest BCUT2D eigenvalue weighted by atomic mass is 32.1. The molecule has 0 aliphatic carbocycles. The summed E-state index contributed by atoms with van der Waals surface area (Å²) in [5.41, 5.74) is 2.79. The predicted molar refractivity (Wildman–Crippen MR) is 57.5 cm³/mol. The van der Waals surface area contributed by atoms with E-state index in [4.69, 9.17) is 5.11 Å². The Balaban J connectivity index is 2.00. The lowest BCUT2D eigenvalue weighted by Gasteiger charge is -1.98. The fourth-order valence-corrected chi connectivity index (χ4v) is 2.06. The van der Waals surface area contributed by atoms with Gasteiger partial charge in [0, 0.05) is 17.8 Å². The first kappa shape index (κ1) is 10.7. The number of thiazole rings is 1. The van der Waals surface area contributed by atoms with Crippen molar-refractivity contribution in [2.24, 2.45) is 0 Å². The third-order valence-electron chi connectivity index (χ3n) is 2.17. The molecule has 0 atom stereocenters. The van der Waals surface area contributed by atoms with E-state index < -0.39 is 5.97 Å². The molecule has 0 aliphatic heterocycles. The summed E-state index contributed by atoms with van der Waals surface area (Å²) >= 11 is 1.59. The van der Waals surface area contributed by atoms with Crippen LogP contribution in [0.15, 0.2) is 11.7 Å². The zero-order chi connectivity index (χ0) is 11.5. The van der Waals surface area contributed by atoms with Gasteiger partial charge in [-0.1, -0.05) is 5.21 Å². The summed E-state index contributed by atoms with van der Waals surface area (Å²) in [6.45, 7) is 2.57. The van der Waals surface area contributed by atoms with Gasteiger partial charge in [-0.05, 0) is 6.92 Å². The van der Waals surface area contributed by atoms with E-state index in [0.717, 1.165) is 12.1 Å². The highest BCUT2D eigenvalue weighted by molar-refractivity contribution is 7.09. The van der Waals surface area contributed by atoms with Crippen molar-refractivity contribution in [3.05, 3.63) is 28.0 Å². The minimum Gasteiger partial charge on any atom is -0.476 e. The molecule has 0 amide bonds. The molecule has 0 saturated heterocycles. The highest BCUT2D eigenvalue weighted by Crippen LogP contribution is 2.13. The van der Waals surface area contributed by atoms with Gasteiger partial charge in [-0.3, -0.25) is 4.68 Å². The van der Waals surface area contributed by atoms with Crippen molar-refractivity contribution in [1.29, 1.82) is 0 Å². The van der Waals surface area contributed by atoms with Gasteiger partial charge in [-0.25, -0.2) is 9.78 Å². The van der Waals surface area contributed by atoms with Gasteiger partial charge in [-0.2, -0.15) is 0 Å². The summed E-state index contributed by atoms with van der Waals surface area (Å²) in [4.78, 5) is 15.9. The Labute approximate surface area is 95.6 Å². The van der Waals surface area contributed by atoms with Crippen molar-refractivity contribution in [2.45, 2.75) is 19.9 Å². The molecule has 7 heteroatoms. The molecule has 2 aromatic rings. The smallest absolute Gasteiger partial charge is 0.358 e. The van der Waals surface area contributed by atoms with Crippen LogP contribution in [0.2, 0.25) is 0 Å². The Morgan fingerprint density at radius 1 is 1.62 bits per heavy atom. The minimum atomic E-state index is -1.06. The van der Waals surface area contributed by atoms with E-state index in [2.05, 4.69) is 15.3 Å². The maximum Gasteiger partial charge on any atom is 0.358 e. The number of carbonyl (C=O) groups is 1. The summed E-state index contributed by atoms with van der Waals surface area (Å²) in [5.74, 6) is -1.06. The monoisotopic (exact) mass is 238 g/mol. The van der Waals surface area contributed by atoms with Crippen LogP contribution in [0.5, 0.6) is 0 Å². The van der Waals surface area contributed by atoms with E-state index in [9.17, 15) is 4.79 Å². The number of hydrogen-bond donors (Lipinski definition) is 1. The Morgan fingerprint density at radius 2 is 2.44 bits per heavy atom. The van der Waals surface area contributed by atoms with Gasteiger partial charge in [0.25, 0.3) is 0 Å². The molecule has 0 radical (unpaired) electrons. The van der Waals surface area contributed by atoms with Crippen LogP contribution in [0.1, 0.15) is 21.1 Å². The van der Waals surface area contributed by atoms with Crippen LogP contribution in [0.3, 0.4) is 0 Å². The van der Waals surface area contributed by atoms with Crippen molar-refractivity contribution >= 4 is 17.3 Å². The molecular formula is C9H10N4O2S. The molecule has 0 saturated carbocycles. The number of carboxylic acids is 1. The molecule has 0 unspecified atom stereocenters. The average Bonchev–Trinajstić information content (AvgIpc) is 2.83. The first-order valence-electron chi connectivity index (χ1n) is 4.69. The predicted octanol–water partition coefficient (Wildman–Crippen LogP) is 0.984. The van der Waals surface area contributed by atoms with Crippen LogP contribution < -0.4 is 0 Å². The van der Waals surface area contributed by atoms with Crippen molar-refractivity contribution in [2.75, 3.05) is 0 Å². The number of aryl methyl sites for hydroxylation is 3. The fraction of sp³-hybridized carbons (Fsp3) is 0.333. The number of carboxylic acid groups (broad SMARTS) is 1. The molecule has 1 N–H and O–H groups in total. The topological polar surface area (TPSA) is 80.9 Å². The normalized spacial score (nSPS) is 10.6. The second-order valence-electron chi connectivity index (χ2n) is 3.28. The van der Waals surface area contributed by atoms with E-state index in [1.807, 2.05) is 6.92 Å². The number of hydrogen-bond acceptors (Lipinski definition) is 5. The van der Waals surface area contributed by atoms with E-state index in [-0.39, 0.29) is 5.69 Å². The summed E-state index contributed by atoms with van der Waals surface area (Å²) in [6, 6.07) is 0. The van der Waals surface area contributed by atoms with E-state index in [0.29, 0.717) is 6.54 Å². The van der Waals surface area contributed by atoms with Crippen molar-refractivity contribution in [3.8, 4) is 0 Å². The van der Waals surface area contributed by atoms with Crippen LogP contribution in [-0.4, -0.2) is 31.1 Å². The molecule has 0 fully saturated rings. The second kappa shape index (κ2) is 4.40. The molecular weight excluding hydrogens is 228 g/mol. The van der Waals surface area contributed by atoms with Gasteiger partial charge in [0.05, 0.1) is 17.4 Å². The summed E-state index contributed by atoms with van der Waals surface area (Å²) in [5, 5.41) is 15.9. The van der Waals surface area contributed by atoms with Crippen LogP contribution >= 0.6 is 11.3 Å². The maximum atomic E-state index is 10.6. The van der Waals surface area contributed by atoms with E-state index in [1.165, 1.54) is 15.8 Å². The van der Waals surface area contributed by atoms with Gasteiger partial charge in [-0.15, -0.1) is 16.4 Å². The van der Waals surface area contributed by atoms with Gasteiger partial charge in [0.1, 0.15) is 0 Å². The number of aromatic nitrogens is 4. The molecule has 16 heavy (non-hydrogen) atoms. The Bertz CT molecular complexity index is 505. The highest BCUT2D eigenvalue weighted by Gasteiger charge is 2.08. The van der Waals surface area contributed by atoms with Crippen molar-refractivity contribution in [3.63, 3.8) is 0 Å². The molecule has 6 nitrogen and oxygen atoms in total. The molecule has 2 heterocycles. The molecule has 0 bridgehead atoms. The SMILES string of the molecule is Cc1ncsc1CCn1cc(C(=O)O)nn1. The molecule has 2 aromatic heterocycles. The van der Waals surface area contributed by atoms with Crippen molar-refractivity contribution in [1.82, 2.24) is 20.0 Å². The molecule has 0 spiro atoms. The Hall–Kier alpha value is -1.76. The van der Waals surface area contributed by atoms with Crippen LogP contribution in [0.4, 0.5) is 0 Å². The first-order valence-corrected chi connectivity index (χ1v) is 5.57. The van der Waals surface area contributed by atoms with Crippen LogP contribution in [0.25, 0.3) is 0 Å². The lowest BCUT2D eigenvalue weighted by Crippen LogP contribution is -2.02. The maximum absolute atomic E-state index is 10.6. The Kier molecular flexibility index (Phi) is 2.95. The largest absolute Gasteiger partial charge is 0.476 e. The molecule has 84 valence electrons. The summed E-state index contributed by atoms with van der Waals surface area (Å²) in [7, 11) is 0. The minimum absolute atomic E-state index is 0.0268. The Morgan fingerprint density at radius 3 is 3.00 bits per heavy atom. The van der Waals surface area contributed by atoms with Gasteiger partial charge in [0.2, 0.25) is 0 Å². The molecule has 0 aromatic carbocycles. The average molecular weight is 238 g/mol. The lowest BCUT2D eigenvalue weighted by molar-refractivity contribution is 0.0690. The lowest BCUT2D eigenvalue weighted by atomic mass is 10.3. The molecule has 0 aliphatic rings. The molecule has 2 rings (SSSR count). The van der Waals surface area contributed by atoms with Crippen LogP contribution in [0, 0.1) is 6.92 Å². The van der Waals surface area contributed by atoms with Crippen LogP contribution in [-0.2, 0) is 13.0 Å². The summed E-state index contributed by atoms with van der Waals surface area (Å²) < 4.78 is 1.53. The fourth-order valence-electron chi connectivity index (χ4n) is 1.29. The van der Waals surface area contributed by atoms with E-state index in [1.54, 1.807) is 16.8 Å². The first-order chi connectivity index (χ1) is 7.66. The number of aromatic carboxylic acids is 1. The number of nitrogens with zero attached hydrogens (tertiary/aromatic N) is 4. The quantitative estimate of drug-likeness (QED) is 0.858. The van der Waals surface area contributed by atoms with Gasteiger partial charge < -0.3 is 5.11 Å². The zero-order valence-electron chi connectivity index (χ0n) is 8.62. The summed E-state index contributed by atoms with van der Waals surface area (Å²) in [6.07, 6.45) is 2.22. The van der Waals surface area contributed by atoms with Gasteiger partial charge >= 0.3 is 5.97 Å². The number of rotatable bonds is 4. The van der Waals surface area contributed by atoms with Crippen molar-refractivity contribution < 1.29 is 9.90 Å². The second-order valence-corrected chi connectivity index (χ2v) is 4.22. The third kappa shape index (κ3) is 2.25. The van der Waals surface area contributed by atoms with Gasteiger partial charge in [0.15, 0.2) is 5.69 Å². The third-order valence-corrected chi connectivity index (χ3v) is 3.17. The van der Waals surface area contributed by atoms with E-state index >= 15 is 0 Å². The standard InChI is InChI=1S/C9H10N4O2S/c1-6-8(16-5-10-6)2-3-13-4-7(9(14)15)11-12-13/h4-5H,2-3H2,1H3,(H,14,15).